The molecule has 188 valence electrons. The van der Waals surface area contributed by atoms with Crippen LogP contribution in [0.2, 0.25) is 0 Å². The van der Waals surface area contributed by atoms with Gasteiger partial charge < -0.3 is 10.4 Å². The SMILES string of the molecule is CCCCc1cc2c(cc1/C(C)=C/c1ccc(C(=O)Nc3ccc(O)cc3)cc1)C(C)(C)CC2(C)C. The number of anilines is 1. The molecule has 2 N–H and O–H groups in total. The summed E-state index contributed by atoms with van der Waals surface area (Å²) >= 11 is 0. The predicted octanol–water partition coefficient (Wildman–Crippen LogP) is 8.51. The number of rotatable bonds is 7. The minimum atomic E-state index is -0.168. The number of nitrogens with one attached hydrogen (secondary N) is 1. The zero-order valence-corrected chi connectivity index (χ0v) is 22.5. The van der Waals surface area contributed by atoms with Crippen molar-refractivity contribution in [3.05, 3.63) is 94.0 Å². The average molecular weight is 482 g/mol. The number of phenols is 1. The first-order valence-corrected chi connectivity index (χ1v) is 13.1. The van der Waals surface area contributed by atoms with Gasteiger partial charge in [-0.25, -0.2) is 0 Å². The van der Waals surface area contributed by atoms with E-state index < -0.39 is 0 Å². The molecule has 0 bridgehead atoms. The largest absolute Gasteiger partial charge is 0.508 e. The molecule has 0 unspecified atom stereocenters. The van der Waals surface area contributed by atoms with Gasteiger partial charge in [-0.15, -0.1) is 0 Å². The minimum Gasteiger partial charge on any atom is -0.508 e. The number of allylic oxidation sites excluding steroid dienone is 1. The summed E-state index contributed by atoms with van der Waals surface area (Å²) in [5.41, 5.74) is 9.75. The summed E-state index contributed by atoms with van der Waals surface area (Å²) in [5, 5.41) is 12.3. The molecular formula is C33H39NO2. The molecule has 0 aliphatic heterocycles. The predicted molar refractivity (Wildman–Crippen MR) is 152 cm³/mol. The van der Waals surface area contributed by atoms with E-state index in [4.69, 9.17) is 0 Å². The number of carbonyl (C=O) groups excluding carboxylic acids is 1. The number of unbranched alkanes of at least 4 members (excludes halogenated alkanes) is 1. The third-order valence-electron chi connectivity index (χ3n) is 7.49. The van der Waals surface area contributed by atoms with Gasteiger partial charge in [0.1, 0.15) is 5.75 Å². The van der Waals surface area contributed by atoms with Crippen LogP contribution in [0.5, 0.6) is 5.75 Å². The Morgan fingerprint density at radius 1 is 0.944 bits per heavy atom. The zero-order chi connectivity index (χ0) is 26.1. The van der Waals surface area contributed by atoms with Gasteiger partial charge in [-0.05, 0) is 107 Å². The van der Waals surface area contributed by atoms with Gasteiger partial charge in [0.05, 0.1) is 0 Å². The Balaban J connectivity index is 1.61. The molecule has 0 radical (unpaired) electrons. The van der Waals surface area contributed by atoms with Crippen molar-refractivity contribution < 1.29 is 9.90 Å². The summed E-state index contributed by atoms with van der Waals surface area (Å²) < 4.78 is 0. The number of benzene rings is 3. The first-order chi connectivity index (χ1) is 17.0. The number of amides is 1. The molecule has 0 saturated heterocycles. The molecule has 36 heavy (non-hydrogen) atoms. The first kappa shape index (κ1) is 25.8. The summed E-state index contributed by atoms with van der Waals surface area (Å²) in [4.78, 5) is 12.6. The fourth-order valence-corrected chi connectivity index (χ4v) is 5.81. The van der Waals surface area contributed by atoms with E-state index in [9.17, 15) is 9.90 Å². The van der Waals surface area contributed by atoms with E-state index in [0.29, 0.717) is 11.3 Å². The lowest BCUT2D eigenvalue weighted by atomic mass is 9.82. The van der Waals surface area contributed by atoms with Crippen LogP contribution in [0.25, 0.3) is 11.6 Å². The van der Waals surface area contributed by atoms with E-state index in [1.54, 1.807) is 24.3 Å². The monoisotopic (exact) mass is 481 g/mol. The molecule has 0 fully saturated rings. The van der Waals surface area contributed by atoms with Crippen molar-refractivity contribution >= 4 is 23.2 Å². The second-order valence-electron chi connectivity index (χ2n) is 11.6. The lowest BCUT2D eigenvalue weighted by Crippen LogP contribution is -2.18. The number of hydrogen-bond acceptors (Lipinski definition) is 2. The number of fused-ring (bicyclic) bond motifs is 1. The topological polar surface area (TPSA) is 49.3 Å². The fourth-order valence-electron chi connectivity index (χ4n) is 5.81. The Labute approximate surface area is 216 Å². The molecule has 0 spiro atoms. The van der Waals surface area contributed by atoms with Crippen molar-refractivity contribution in [2.45, 2.75) is 78.1 Å². The number of carbonyl (C=O) groups is 1. The maximum atomic E-state index is 12.6. The van der Waals surface area contributed by atoms with Crippen molar-refractivity contribution in [3.8, 4) is 5.75 Å². The van der Waals surface area contributed by atoms with E-state index in [0.717, 1.165) is 12.0 Å². The molecule has 0 atom stereocenters. The lowest BCUT2D eigenvalue weighted by Gasteiger charge is -2.22. The smallest absolute Gasteiger partial charge is 0.255 e. The normalized spacial score (nSPS) is 16.0. The van der Waals surface area contributed by atoms with E-state index >= 15 is 0 Å². The van der Waals surface area contributed by atoms with Crippen LogP contribution in [0.3, 0.4) is 0 Å². The lowest BCUT2D eigenvalue weighted by molar-refractivity contribution is 0.102. The number of hydrogen-bond donors (Lipinski definition) is 2. The Bertz CT molecular complexity index is 1280. The standard InChI is InChI=1S/C33H39NO2/c1-7-8-9-25-19-29-30(33(5,6)21-32(29,3)4)20-28(25)22(2)18-23-10-12-24(13-11-23)31(36)34-26-14-16-27(35)17-15-26/h10-20,35H,7-9,21H2,1-6H3,(H,34,36)/b22-18+. The highest BCUT2D eigenvalue weighted by molar-refractivity contribution is 6.04. The van der Waals surface area contributed by atoms with Crippen LogP contribution in [0.1, 0.15) is 99.0 Å². The van der Waals surface area contributed by atoms with Crippen LogP contribution in [0.4, 0.5) is 5.69 Å². The molecule has 4 rings (SSSR count). The van der Waals surface area contributed by atoms with Crippen LogP contribution in [-0.4, -0.2) is 11.0 Å². The highest BCUT2D eigenvalue weighted by Gasteiger charge is 2.42. The van der Waals surface area contributed by atoms with Crippen LogP contribution in [0, 0.1) is 0 Å². The van der Waals surface area contributed by atoms with Gasteiger partial charge in [-0.1, -0.05) is 71.4 Å². The van der Waals surface area contributed by atoms with E-state index in [2.05, 4.69) is 65.1 Å². The summed E-state index contributed by atoms with van der Waals surface area (Å²) in [7, 11) is 0. The van der Waals surface area contributed by atoms with E-state index in [1.165, 1.54) is 47.1 Å². The minimum absolute atomic E-state index is 0.168. The van der Waals surface area contributed by atoms with Crippen molar-refractivity contribution in [2.75, 3.05) is 5.32 Å². The molecule has 1 aliphatic carbocycles. The third-order valence-corrected chi connectivity index (χ3v) is 7.49. The molecular weight excluding hydrogens is 442 g/mol. The summed E-state index contributed by atoms with van der Waals surface area (Å²) in [6, 6.07) is 19.2. The van der Waals surface area contributed by atoms with Gasteiger partial charge >= 0.3 is 0 Å². The third kappa shape index (κ3) is 5.41. The Hall–Kier alpha value is -3.33. The van der Waals surface area contributed by atoms with Gasteiger partial charge in [-0.3, -0.25) is 4.79 Å². The molecule has 0 aromatic heterocycles. The summed E-state index contributed by atoms with van der Waals surface area (Å²) in [6.45, 7) is 14.0. The molecule has 3 nitrogen and oxygen atoms in total. The number of phenolic OH excluding ortho intramolecular Hbond substituents is 1. The quantitative estimate of drug-likeness (QED) is 0.262. The summed E-state index contributed by atoms with van der Waals surface area (Å²) in [6.07, 6.45) is 6.86. The second kappa shape index (κ2) is 9.97. The van der Waals surface area contributed by atoms with Crippen LogP contribution in [-0.2, 0) is 17.3 Å². The molecule has 1 aliphatic rings. The molecule has 1 amide bonds. The highest BCUT2D eigenvalue weighted by atomic mass is 16.3. The average Bonchev–Trinajstić information content (AvgIpc) is 3.01. The highest BCUT2D eigenvalue weighted by Crippen LogP contribution is 2.50. The van der Waals surface area contributed by atoms with Crippen molar-refractivity contribution in [2.24, 2.45) is 0 Å². The molecule has 3 heteroatoms. The number of aromatic hydroxyl groups is 1. The Morgan fingerprint density at radius 2 is 1.56 bits per heavy atom. The first-order valence-electron chi connectivity index (χ1n) is 13.1. The van der Waals surface area contributed by atoms with Gasteiger partial charge in [0.2, 0.25) is 0 Å². The van der Waals surface area contributed by atoms with Crippen LogP contribution in [0.15, 0.2) is 60.7 Å². The van der Waals surface area contributed by atoms with Crippen molar-refractivity contribution in [3.63, 3.8) is 0 Å². The molecule has 0 heterocycles. The van der Waals surface area contributed by atoms with Gasteiger partial charge in [0.15, 0.2) is 0 Å². The van der Waals surface area contributed by atoms with Crippen LogP contribution >= 0.6 is 0 Å². The van der Waals surface area contributed by atoms with Gasteiger partial charge in [0.25, 0.3) is 5.91 Å². The maximum Gasteiger partial charge on any atom is 0.255 e. The molecule has 0 saturated carbocycles. The summed E-state index contributed by atoms with van der Waals surface area (Å²) in [5.74, 6) is 0.00580. The number of aryl methyl sites for hydroxylation is 1. The Kier molecular flexibility index (Phi) is 7.13. The van der Waals surface area contributed by atoms with E-state index in [1.807, 2.05) is 24.3 Å². The zero-order valence-electron chi connectivity index (χ0n) is 22.5. The van der Waals surface area contributed by atoms with E-state index in [-0.39, 0.29) is 22.5 Å². The van der Waals surface area contributed by atoms with Crippen molar-refractivity contribution in [1.29, 1.82) is 0 Å². The van der Waals surface area contributed by atoms with Crippen molar-refractivity contribution in [1.82, 2.24) is 0 Å². The molecule has 3 aromatic carbocycles. The Morgan fingerprint density at radius 3 is 2.17 bits per heavy atom. The maximum absolute atomic E-state index is 12.6. The molecule has 3 aromatic rings. The second-order valence-corrected chi connectivity index (χ2v) is 11.6. The van der Waals surface area contributed by atoms with Crippen LogP contribution < -0.4 is 5.32 Å². The fraction of sp³-hybridized carbons (Fsp3) is 0.364. The van der Waals surface area contributed by atoms with Gasteiger partial charge in [-0.2, -0.15) is 0 Å². The van der Waals surface area contributed by atoms with Gasteiger partial charge in [0, 0.05) is 11.3 Å².